The second-order valence-corrected chi connectivity index (χ2v) is 21.2. The zero-order chi connectivity index (χ0) is 66.0. The molecular formula is C58H44F20N8O6. The van der Waals surface area contributed by atoms with Gasteiger partial charge in [0.25, 0.3) is 0 Å². The fourth-order valence-corrected chi connectivity index (χ4v) is 11.7. The Labute approximate surface area is 505 Å². The molecule has 0 saturated carbocycles. The number of carbonyl (C=O) groups is 2. The van der Waals surface area contributed by atoms with Gasteiger partial charge < -0.3 is 40.2 Å². The lowest BCUT2D eigenvalue weighted by Crippen LogP contribution is -2.33. The van der Waals surface area contributed by atoms with Crippen molar-refractivity contribution >= 4 is 34.3 Å². The maximum atomic E-state index is 15.6. The number of benzene rings is 6. The minimum atomic E-state index is -2.43. The van der Waals surface area contributed by atoms with E-state index in [1.165, 1.54) is 43.9 Å². The van der Waals surface area contributed by atoms with E-state index in [-0.39, 0.29) is 128 Å². The van der Waals surface area contributed by atoms with Crippen molar-refractivity contribution in [2.45, 2.75) is 24.9 Å². The molecule has 4 heterocycles. The number of anilines is 4. The molecule has 11 rings (SSSR count). The molecule has 14 nitrogen and oxygen atoms in total. The van der Waals surface area contributed by atoms with Crippen LogP contribution in [0.25, 0.3) is 0 Å². The van der Waals surface area contributed by atoms with Crippen LogP contribution in [0.4, 0.5) is 111 Å². The van der Waals surface area contributed by atoms with Crippen molar-refractivity contribution in [1.82, 2.24) is 19.6 Å². The lowest BCUT2D eigenvalue weighted by molar-refractivity contribution is 0.0271. The standard InChI is InChI=1S/C58H44F20N8O6/c59-33-29(34(60)42(68)49(75)41(33)67)55-83(13-17-89-55)9-5-79-21-1-2-22(80-6-10-84-14-18-90-56(84)30-35(61)43(69)50(76)44(70)36(30)62)26-25(21)53(87)27-23(81-7-11-85-15-19-91-57(85)31-37(63)45(71)51(77)46(72)38(31)64)3-4-24(28(27)54(26)88)82-8-12-86-16-20-92-58(86)32-39(65)47(73)52(78)48(74)40(32)66/h1-4,55-58,79-82H,5-20H2. The van der Waals surface area contributed by atoms with Gasteiger partial charge in [-0.25, -0.2) is 87.8 Å². The summed E-state index contributed by atoms with van der Waals surface area (Å²) in [5.74, 6) is -47.2. The Morgan fingerprint density at radius 1 is 0.283 bits per heavy atom. The average Bonchev–Trinajstić information content (AvgIpc) is 0.928. The molecule has 34 heteroatoms. The monoisotopic (exact) mass is 1330 g/mol. The predicted octanol–water partition coefficient (Wildman–Crippen LogP) is 11.0. The first-order chi connectivity index (χ1) is 43.9. The van der Waals surface area contributed by atoms with Crippen molar-refractivity contribution in [3.8, 4) is 0 Å². The zero-order valence-electron chi connectivity index (χ0n) is 46.7. The van der Waals surface area contributed by atoms with Crippen LogP contribution >= 0.6 is 0 Å². The average molecular weight is 1330 g/mol. The summed E-state index contributed by atoms with van der Waals surface area (Å²) in [6, 6.07) is 5.04. The van der Waals surface area contributed by atoms with Crippen molar-refractivity contribution in [2.24, 2.45) is 0 Å². The summed E-state index contributed by atoms with van der Waals surface area (Å²) < 4.78 is 314. The molecule has 0 amide bonds. The van der Waals surface area contributed by atoms with Crippen molar-refractivity contribution in [2.75, 3.05) is 126 Å². The van der Waals surface area contributed by atoms with Gasteiger partial charge in [0.15, 0.2) is 105 Å². The van der Waals surface area contributed by atoms with E-state index in [0.29, 0.717) is 0 Å². The molecule has 6 aromatic carbocycles. The lowest BCUT2D eigenvalue weighted by Gasteiger charge is -2.29. The molecule has 0 bridgehead atoms. The van der Waals surface area contributed by atoms with E-state index in [0.717, 1.165) is 0 Å². The van der Waals surface area contributed by atoms with Crippen molar-refractivity contribution < 1.29 is 116 Å². The van der Waals surface area contributed by atoms with E-state index in [1.54, 1.807) is 0 Å². The van der Waals surface area contributed by atoms with Crippen LogP contribution in [0.15, 0.2) is 24.3 Å². The molecule has 0 radical (unpaired) electrons. The topological polar surface area (TPSA) is 132 Å². The number of ketones is 2. The molecule has 92 heavy (non-hydrogen) atoms. The number of carbonyl (C=O) groups excluding carboxylic acids is 2. The van der Waals surface area contributed by atoms with Crippen molar-refractivity contribution in [3.05, 3.63) is 185 Å². The minimum Gasteiger partial charge on any atom is -0.383 e. The number of ether oxygens (including phenoxy) is 4. The number of rotatable bonds is 20. The molecule has 0 aromatic heterocycles. The number of nitrogens with one attached hydrogen (secondary N) is 4. The second-order valence-electron chi connectivity index (χ2n) is 21.2. The molecule has 4 N–H and O–H groups in total. The lowest BCUT2D eigenvalue weighted by atomic mass is 9.80. The largest absolute Gasteiger partial charge is 0.383 e. The highest BCUT2D eigenvalue weighted by Gasteiger charge is 2.43. The molecule has 1 aliphatic carbocycles. The third kappa shape index (κ3) is 11.4. The van der Waals surface area contributed by atoms with Crippen LogP contribution in [0.3, 0.4) is 0 Å². The highest BCUT2D eigenvalue weighted by atomic mass is 19.2. The summed E-state index contributed by atoms with van der Waals surface area (Å²) >= 11 is 0. The highest BCUT2D eigenvalue weighted by Crippen LogP contribution is 2.44. The number of nitrogens with zero attached hydrogens (tertiary/aromatic N) is 4. The molecular weight excluding hydrogens is 1280 g/mol. The third-order valence-corrected chi connectivity index (χ3v) is 16.1. The Balaban J connectivity index is 0.937. The van der Waals surface area contributed by atoms with Crippen LogP contribution < -0.4 is 21.3 Å². The summed E-state index contributed by atoms with van der Waals surface area (Å²) in [5, 5.41) is 11.7. The van der Waals surface area contributed by atoms with Gasteiger partial charge in [-0.3, -0.25) is 29.2 Å². The normalized spacial score (nSPS) is 19.7. The first kappa shape index (κ1) is 65.6. The molecule has 492 valence electrons. The van der Waals surface area contributed by atoms with Gasteiger partial charge in [-0.2, -0.15) is 0 Å². The summed E-state index contributed by atoms with van der Waals surface area (Å²) in [7, 11) is 0. The van der Waals surface area contributed by atoms with Crippen molar-refractivity contribution in [3.63, 3.8) is 0 Å². The Morgan fingerprint density at radius 3 is 0.620 bits per heavy atom. The molecule has 4 atom stereocenters. The SMILES string of the molecule is O=C1c2c(NCCN3CCOC3c3c(F)c(F)c(F)c(F)c3F)ccc(NCCN3CCOC3c3c(F)c(F)c(F)c(F)c3F)c2C(=O)c2c(NCCN3CCOC3c3c(F)c(F)c(F)c(F)c3F)ccc(NCCN3CCOC3c3c(F)c(F)c(F)c(F)c3F)c21. The molecule has 4 saturated heterocycles. The van der Waals surface area contributed by atoms with Crippen LogP contribution in [0.5, 0.6) is 0 Å². The number of halogens is 20. The van der Waals surface area contributed by atoms with Crippen LogP contribution in [-0.2, 0) is 18.9 Å². The number of hydrogen-bond acceptors (Lipinski definition) is 14. The smallest absolute Gasteiger partial charge is 0.200 e. The van der Waals surface area contributed by atoms with Crippen LogP contribution in [-0.4, -0.2) is 136 Å². The first-order valence-corrected chi connectivity index (χ1v) is 27.7. The maximum absolute atomic E-state index is 15.6. The molecule has 5 aliphatic rings. The van der Waals surface area contributed by atoms with E-state index in [2.05, 4.69) is 21.3 Å². The van der Waals surface area contributed by atoms with Gasteiger partial charge >= 0.3 is 0 Å². The Morgan fingerprint density at radius 2 is 0.446 bits per heavy atom. The third-order valence-electron chi connectivity index (χ3n) is 16.1. The van der Waals surface area contributed by atoms with E-state index >= 15 is 44.7 Å². The Bertz CT molecular complexity index is 3370. The van der Waals surface area contributed by atoms with Gasteiger partial charge in [-0.15, -0.1) is 0 Å². The summed E-state index contributed by atoms with van der Waals surface area (Å²) in [6.45, 7) is -4.43. The quantitative estimate of drug-likeness (QED) is 0.0328. The molecule has 6 aromatic rings. The first-order valence-electron chi connectivity index (χ1n) is 27.7. The van der Waals surface area contributed by atoms with Gasteiger partial charge in [0.2, 0.25) is 23.3 Å². The molecule has 4 fully saturated rings. The Hall–Kier alpha value is -7.86. The van der Waals surface area contributed by atoms with E-state index in [1.807, 2.05) is 0 Å². The summed E-state index contributed by atoms with van der Waals surface area (Å²) in [4.78, 5) is 35.9. The summed E-state index contributed by atoms with van der Waals surface area (Å²) in [6.07, 6.45) is -7.37. The van der Waals surface area contributed by atoms with Crippen molar-refractivity contribution in [1.29, 1.82) is 0 Å². The number of hydrogen-bond donors (Lipinski definition) is 4. The van der Waals surface area contributed by atoms with Gasteiger partial charge in [-0.05, 0) is 24.3 Å². The molecule has 0 spiro atoms. The van der Waals surface area contributed by atoms with Crippen LogP contribution in [0.1, 0.15) is 79.0 Å². The van der Waals surface area contributed by atoms with E-state index in [9.17, 15) is 52.7 Å². The van der Waals surface area contributed by atoms with Gasteiger partial charge in [0.05, 0.1) is 70.9 Å². The van der Waals surface area contributed by atoms with Gasteiger partial charge in [-0.1, -0.05) is 0 Å². The maximum Gasteiger partial charge on any atom is 0.200 e. The van der Waals surface area contributed by atoms with Crippen LogP contribution in [0.2, 0.25) is 0 Å². The van der Waals surface area contributed by atoms with Gasteiger partial charge in [0, 0.05) is 101 Å². The Kier molecular flexibility index (Phi) is 18.7. The number of fused-ring (bicyclic) bond motifs is 2. The fourth-order valence-electron chi connectivity index (χ4n) is 11.7. The highest BCUT2D eigenvalue weighted by molar-refractivity contribution is 6.35. The van der Waals surface area contributed by atoms with E-state index < -0.39 is 197 Å². The predicted molar refractivity (Wildman–Crippen MR) is 280 cm³/mol. The zero-order valence-corrected chi connectivity index (χ0v) is 46.7. The van der Waals surface area contributed by atoms with E-state index in [4.69, 9.17) is 18.9 Å². The minimum absolute atomic E-state index is 0.149. The summed E-state index contributed by atoms with van der Waals surface area (Å²) in [5.41, 5.74) is -7.68. The fraction of sp³-hybridized carbons (Fsp3) is 0.345. The van der Waals surface area contributed by atoms with Crippen LogP contribution in [0, 0.1) is 116 Å². The van der Waals surface area contributed by atoms with Gasteiger partial charge in [0.1, 0.15) is 24.9 Å². The molecule has 4 aliphatic heterocycles. The molecule has 4 unspecified atom stereocenters. The second kappa shape index (κ2) is 26.3.